The van der Waals surface area contributed by atoms with Crippen LogP contribution >= 0.6 is 0 Å². The lowest BCUT2D eigenvalue weighted by Gasteiger charge is -2.16. The van der Waals surface area contributed by atoms with Crippen LogP contribution in [0.15, 0.2) is 0 Å². The molecule has 0 amide bonds. The maximum Gasteiger partial charge on any atom is 0.410 e. The quantitative estimate of drug-likeness (QED) is 0.440. The lowest BCUT2D eigenvalue weighted by Crippen LogP contribution is -2.27. The fourth-order valence-electron chi connectivity index (χ4n) is 0.431. The first-order valence-electron chi connectivity index (χ1n) is 3.19. The Balaban J connectivity index is 3.07. The lowest BCUT2D eigenvalue weighted by molar-refractivity contribution is 0.224. The molecule has 0 aliphatic carbocycles. The summed E-state index contributed by atoms with van der Waals surface area (Å²) in [6.07, 6.45) is 0. The van der Waals surface area contributed by atoms with Gasteiger partial charge in [-0.1, -0.05) is 0 Å². The van der Waals surface area contributed by atoms with Crippen LogP contribution in [0.5, 0.6) is 0 Å². The normalized spacial score (nSPS) is 11.9. The van der Waals surface area contributed by atoms with Crippen LogP contribution in [0.2, 0.25) is 19.6 Å². The maximum atomic E-state index is 5.51. The summed E-state index contributed by atoms with van der Waals surface area (Å²) in [5.74, 6) is 0. The number of rotatable bonds is 4. The van der Waals surface area contributed by atoms with Crippen LogP contribution in [0, 0.1) is 0 Å². The van der Waals surface area contributed by atoms with E-state index < -0.39 is 8.32 Å². The Morgan fingerprint density at radius 3 is 2.11 bits per heavy atom. The molecule has 9 heavy (non-hydrogen) atoms. The van der Waals surface area contributed by atoms with Gasteiger partial charge in [-0.15, -0.1) is 0 Å². The maximum absolute atomic E-state index is 5.51. The molecule has 0 rings (SSSR count). The van der Waals surface area contributed by atoms with Gasteiger partial charge in [-0.25, -0.2) is 0 Å². The van der Waals surface area contributed by atoms with Crippen molar-refractivity contribution < 1.29 is 8.21 Å². The first kappa shape index (κ1) is 9.67. The highest BCUT2D eigenvalue weighted by Gasteiger charge is 2.12. The van der Waals surface area contributed by atoms with Gasteiger partial charge in [0, 0.05) is 6.61 Å². The van der Waals surface area contributed by atoms with Gasteiger partial charge >= 0.3 is 16.6 Å². The molecule has 0 saturated heterocycles. The summed E-state index contributed by atoms with van der Waals surface area (Å²) in [6, 6.07) is 0. The highest BCUT2D eigenvalue weighted by atomic mass is 28.4. The fourth-order valence-corrected chi connectivity index (χ4v) is 1.29. The van der Waals surface area contributed by atoms with Gasteiger partial charge in [0.15, 0.2) is 8.32 Å². The summed E-state index contributed by atoms with van der Waals surface area (Å²) in [5.41, 5.74) is 0. The van der Waals surface area contributed by atoms with Crippen LogP contribution in [0.1, 0.15) is 0 Å². The molecule has 0 aliphatic heterocycles. The molecule has 0 aromatic heterocycles. The molecule has 0 saturated carbocycles. The molecule has 0 aromatic carbocycles. The summed E-state index contributed by atoms with van der Waals surface area (Å²) in [7, 11) is -1.26. The molecular weight excluding hydrogens is 147 g/mol. The van der Waals surface area contributed by atoms with E-state index >= 15 is 0 Å². The van der Waals surface area contributed by atoms with Crippen LogP contribution in [-0.2, 0) is 8.21 Å². The predicted molar refractivity (Wildman–Crippen MR) is 43.8 cm³/mol. The largest absolute Gasteiger partial charge is 0.504 e. The highest BCUT2D eigenvalue weighted by Crippen LogP contribution is 2.00. The Kier molecular flexibility index (Phi) is 4.81. The van der Waals surface area contributed by atoms with Crippen molar-refractivity contribution in [2.45, 2.75) is 19.6 Å². The molecule has 54 valence electrons. The molecule has 0 bridgehead atoms. The summed E-state index contributed by atoms with van der Waals surface area (Å²) in [5, 5.41) is 0. The summed E-state index contributed by atoms with van der Waals surface area (Å²) >= 11 is 0.826. The van der Waals surface area contributed by atoms with Crippen molar-refractivity contribution in [1.29, 1.82) is 0 Å². The minimum atomic E-state index is -1.26. The lowest BCUT2D eigenvalue weighted by atomic mass is 10.8. The minimum Gasteiger partial charge on any atom is -0.504 e. The second kappa shape index (κ2) is 4.48. The van der Waals surface area contributed by atoms with E-state index in [9.17, 15) is 0 Å². The van der Waals surface area contributed by atoms with E-state index in [1.807, 2.05) is 0 Å². The van der Waals surface area contributed by atoms with Crippen LogP contribution in [0.25, 0.3) is 0 Å². The van der Waals surface area contributed by atoms with E-state index in [0.29, 0.717) is 0 Å². The monoisotopic (exact) mass is 162 g/mol. The van der Waals surface area contributed by atoms with E-state index in [1.54, 1.807) is 0 Å². The molecule has 0 radical (unpaired) electrons. The molecular formula is C5H15AlO2Si. The SMILES string of the molecule is C[Si](C)(C)OCC[O][AlH2]. The van der Waals surface area contributed by atoms with E-state index in [0.717, 1.165) is 29.8 Å². The molecule has 4 heteroatoms. The molecule has 0 fully saturated rings. The topological polar surface area (TPSA) is 18.5 Å². The van der Waals surface area contributed by atoms with Crippen molar-refractivity contribution in [3.63, 3.8) is 0 Å². The van der Waals surface area contributed by atoms with Gasteiger partial charge in [-0.2, -0.15) is 0 Å². The van der Waals surface area contributed by atoms with Crippen LogP contribution in [-0.4, -0.2) is 38.2 Å². The Hall–Kier alpha value is 0.669. The standard InChI is InChI=1S/C5H13O2Si.Al.2H/c1-8(2,3)7-5-4-6;;;/h4-5H2,1-3H3;;;/q-1;+1;;. The van der Waals surface area contributed by atoms with Gasteiger partial charge in [-0.05, 0) is 19.6 Å². The Morgan fingerprint density at radius 2 is 1.78 bits per heavy atom. The second-order valence-corrected chi connectivity index (χ2v) is 8.04. The van der Waals surface area contributed by atoms with Gasteiger partial charge < -0.3 is 8.21 Å². The van der Waals surface area contributed by atoms with Crippen LogP contribution < -0.4 is 0 Å². The second-order valence-electron chi connectivity index (χ2n) is 2.95. The third-order valence-electron chi connectivity index (χ3n) is 0.823. The van der Waals surface area contributed by atoms with Crippen LogP contribution in [0.3, 0.4) is 0 Å². The predicted octanol–water partition coefficient (Wildman–Crippen LogP) is 0.403. The summed E-state index contributed by atoms with van der Waals surface area (Å²) < 4.78 is 10.5. The van der Waals surface area contributed by atoms with Crippen molar-refractivity contribution in [3.05, 3.63) is 0 Å². The third-order valence-corrected chi connectivity index (χ3v) is 2.30. The smallest absolute Gasteiger partial charge is 0.410 e. The van der Waals surface area contributed by atoms with Crippen molar-refractivity contribution in [1.82, 2.24) is 0 Å². The zero-order valence-electron chi connectivity index (χ0n) is 6.73. The molecule has 0 atom stereocenters. The van der Waals surface area contributed by atoms with Crippen molar-refractivity contribution in [2.24, 2.45) is 0 Å². The Morgan fingerprint density at radius 1 is 1.22 bits per heavy atom. The van der Waals surface area contributed by atoms with Gasteiger partial charge in [0.05, 0.1) is 6.61 Å². The molecule has 0 unspecified atom stereocenters. The molecule has 0 N–H and O–H groups in total. The Bertz CT molecular complexity index is 71.8. The van der Waals surface area contributed by atoms with Gasteiger partial charge in [-0.3, -0.25) is 0 Å². The number of hydrogen-bond acceptors (Lipinski definition) is 2. The average molecular weight is 162 g/mol. The summed E-state index contributed by atoms with van der Waals surface area (Å²) in [6.45, 7) is 8.09. The van der Waals surface area contributed by atoms with Crippen molar-refractivity contribution in [3.8, 4) is 0 Å². The van der Waals surface area contributed by atoms with E-state index in [-0.39, 0.29) is 0 Å². The fraction of sp³-hybridized carbons (Fsp3) is 1.00. The zero-order valence-corrected chi connectivity index (χ0v) is 9.73. The van der Waals surface area contributed by atoms with Crippen molar-refractivity contribution in [2.75, 3.05) is 13.2 Å². The summed E-state index contributed by atoms with van der Waals surface area (Å²) in [4.78, 5) is 0. The molecule has 0 aliphatic rings. The van der Waals surface area contributed by atoms with Gasteiger partial charge in [0.25, 0.3) is 0 Å². The van der Waals surface area contributed by atoms with Gasteiger partial charge in [0.2, 0.25) is 0 Å². The first-order chi connectivity index (χ1) is 4.06. The minimum absolute atomic E-state index is 0.774. The number of hydrogen-bond donors (Lipinski definition) is 0. The van der Waals surface area contributed by atoms with E-state index in [1.165, 1.54) is 0 Å². The molecule has 0 heterocycles. The first-order valence-corrected chi connectivity index (χ1v) is 7.41. The molecule has 0 aromatic rings. The van der Waals surface area contributed by atoms with E-state index in [2.05, 4.69) is 19.6 Å². The average Bonchev–Trinajstić information content (AvgIpc) is 1.63. The highest BCUT2D eigenvalue weighted by molar-refractivity contribution is 6.69. The van der Waals surface area contributed by atoms with Crippen molar-refractivity contribution >= 4 is 24.9 Å². The van der Waals surface area contributed by atoms with E-state index in [4.69, 9.17) is 8.21 Å². The third kappa shape index (κ3) is 8.67. The van der Waals surface area contributed by atoms with Crippen LogP contribution in [0.4, 0.5) is 0 Å². The molecule has 2 nitrogen and oxygen atoms in total. The van der Waals surface area contributed by atoms with Gasteiger partial charge in [0.1, 0.15) is 0 Å². The Labute approximate surface area is 66.4 Å². The molecule has 0 spiro atoms. The zero-order chi connectivity index (χ0) is 7.33.